The van der Waals surface area contributed by atoms with Crippen LogP contribution in [0.15, 0.2) is 62.5 Å². The predicted molar refractivity (Wildman–Crippen MR) is 109 cm³/mol. The Hall–Kier alpha value is -4.06. The van der Waals surface area contributed by atoms with Crippen molar-refractivity contribution >= 4 is 53.8 Å². The molecule has 0 aliphatic carbocycles. The molecule has 3 rings (SSSR count). The Morgan fingerprint density at radius 3 is 2.00 bits per heavy atom. The van der Waals surface area contributed by atoms with Gasteiger partial charge in [-0.2, -0.15) is 16.8 Å². The Kier molecular flexibility index (Phi) is 5.81. The lowest BCUT2D eigenvalue weighted by atomic mass is 10.1. The number of nitrogens with zero attached hydrogens (tertiary/aromatic N) is 4. The van der Waals surface area contributed by atoms with Crippen LogP contribution in [0, 0.1) is 20.2 Å². The Labute approximate surface area is 183 Å². The van der Waals surface area contributed by atoms with Crippen LogP contribution < -0.4 is 0 Å². The van der Waals surface area contributed by atoms with Crippen molar-refractivity contribution in [2.75, 3.05) is 0 Å². The van der Waals surface area contributed by atoms with E-state index in [0.29, 0.717) is 12.1 Å². The highest BCUT2D eigenvalue weighted by Gasteiger charge is 2.24. The van der Waals surface area contributed by atoms with E-state index in [0.717, 1.165) is 30.3 Å². The van der Waals surface area contributed by atoms with Crippen molar-refractivity contribution < 1.29 is 40.9 Å². The fourth-order valence-corrected chi connectivity index (χ4v) is 3.93. The first-order valence-corrected chi connectivity index (χ1v) is 11.2. The molecule has 0 unspecified atom stereocenters. The summed E-state index contributed by atoms with van der Waals surface area (Å²) in [5.74, 6) is -0.709. The fraction of sp³-hybridized carbons (Fsp3) is 0. The second-order valence-corrected chi connectivity index (χ2v) is 9.10. The van der Waals surface area contributed by atoms with E-state index < -0.39 is 73.8 Å². The molecule has 0 atom stereocenters. The highest BCUT2D eigenvalue weighted by atomic mass is 32.2. The van der Waals surface area contributed by atoms with E-state index in [-0.39, 0.29) is 5.39 Å². The van der Waals surface area contributed by atoms with Gasteiger partial charge in [0.2, 0.25) is 0 Å². The number of fused-ring (bicyclic) bond motifs is 1. The van der Waals surface area contributed by atoms with Gasteiger partial charge in [0.1, 0.15) is 16.3 Å². The largest absolute Gasteiger partial charge is 0.507 e. The Morgan fingerprint density at radius 1 is 0.788 bits per heavy atom. The van der Waals surface area contributed by atoms with Crippen molar-refractivity contribution in [3.63, 3.8) is 0 Å². The van der Waals surface area contributed by atoms with E-state index >= 15 is 0 Å². The maximum Gasteiger partial charge on any atom is 0.303 e. The summed E-state index contributed by atoms with van der Waals surface area (Å²) in [6.07, 6.45) is 0. The lowest BCUT2D eigenvalue weighted by Crippen LogP contribution is -2.01. The van der Waals surface area contributed by atoms with Crippen molar-refractivity contribution in [1.82, 2.24) is 0 Å². The Balaban J connectivity index is 2.36. The van der Waals surface area contributed by atoms with Crippen molar-refractivity contribution in [1.29, 1.82) is 0 Å². The summed E-state index contributed by atoms with van der Waals surface area (Å²) in [7, 11) is -9.88. The van der Waals surface area contributed by atoms with E-state index in [1.165, 1.54) is 0 Å². The number of aromatic hydroxyl groups is 1. The SMILES string of the molecule is O=[N+]([O-])c1ccc(N=Nc2c(S(=O)(=O)O)cc(O)c3ccc(S(=O)(=O)O)cc23)c([N+](=O)[O-])c1. The molecule has 15 nitrogen and oxygen atoms in total. The molecule has 0 fully saturated rings. The zero-order valence-corrected chi connectivity index (χ0v) is 17.4. The van der Waals surface area contributed by atoms with Gasteiger partial charge in [-0.3, -0.25) is 29.3 Å². The molecule has 0 saturated carbocycles. The van der Waals surface area contributed by atoms with Crippen molar-refractivity contribution in [3.05, 3.63) is 62.7 Å². The standard InChI is InChI=1S/C16H10N4O11S2/c21-14-7-15(33(29,30)31)16(11-6-9(32(26,27)28)2-3-10(11)14)18-17-12-4-1-8(19(22)23)5-13(12)20(24)25/h1-7,21H,(H,26,27,28)(H,29,30,31). The van der Waals surface area contributed by atoms with Gasteiger partial charge in [0.15, 0.2) is 5.69 Å². The second kappa shape index (κ2) is 8.13. The molecular weight excluding hydrogens is 488 g/mol. The van der Waals surface area contributed by atoms with Crippen LogP contribution in [0.4, 0.5) is 22.7 Å². The topological polar surface area (TPSA) is 240 Å². The third-order valence-corrected chi connectivity index (χ3v) is 5.94. The Morgan fingerprint density at radius 2 is 1.45 bits per heavy atom. The summed E-state index contributed by atoms with van der Waals surface area (Å²) in [4.78, 5) is 18.5. The van der Waals surface area contributed by atoms with Crippen LogP contribution in [0.25, 0.3) is 10.8 Å². The molecule has 3 aromatic rings. The number of azo groups is 1. The number of phenols is 1. The van der Waals surface area contributed by atoms with Crippen molar-refractivity contribution in [2.45, 2.75) is 9.79 Å². The van der Waals surface area contributed by atoms with Gasteiger partial charge in [-0.25, -0.2) is 0 Å². The van der Waals surface area contributed by atoms with Gasteiger partial charge in [0.05, 0.1) is 20.8 Å². The van der Waals surface area contributed by atoms with Crippen LogP contribution in [0.5, 0.6) is 5.75 Å². The highest BCUT2D eigenvalue weighted by Crippen LogP contribution is 2.41. The van der Waals surface area contributed by atoms with Crippen LogP contribution in [0.1, 0.15) is 0 Å². The van der Waals surface area contributed by atoms with E-state index in [2.05, 4.69) is 10.2 Å². The monoisotopic (exact) mass is 498 g/mol. The van der Waals surface area contributed by atoms with E-state index in [9.17, 15) is 51.3 Å². The smallest absolute Gasteiger partial charge is 0.303 e. The molecule has 0 aromatic heterocycles. The van der Waals surface area contributed by atoms with Gasteiger partial charge < -0.3 is 5.11 Å². The summed E-state index contributed by atoms with van der Waals surface area (Å²) in [5, 5.41) is 38.8. The molecule has 0 spiro atoms. The quantitative estimate of drug-likeness (QED) is 0.193. The first-order valence-electron chi connectivity index (χ1n) is 8.29. The van der Waals surface area contributed by atoms with Crippen LogP contribution in [0.3, 0.4) is 0 Å². The molecular formula is C16H10N4O11S2. The van der Waals surface area contributed by atoms with Crippen LogP contribution in [0.2, 0.25) is 0 Å². The van der Waals surface area contributed by atoms with E-state index in [1.54, 1.807) is 0 Å². The maximum atomic E-state index is 11.8. The highest BCUT2D eigenvalue weighted by molar-refractivity contribution is 7.86. The number of rotatable bonds is 6. The summed E-state index contributed by atoms with van der Waals surface area (Å²) in [6, 6.07) is 5.54. The molecule has 33 heavy (non-hydrogen) atoms. The van der Waals surface area contributed by atoms with Crippen LogP contribution >= 0.6 is 0 Å². The number of phenolic OH excluding ortho intramolecular Hbond substituents is 1. The second-order valence-electron chi connectivity index (χ2n) is 6.29. The lowest BCUT2D eigenvalue weighted by Gasteiger charge is -2.10. The van der Waals surface area contributed by atoms with Gasteiger partial charge in [0, 0.05) is 22.9 Å². The number of hydrogen-bond acceptors (Lipinski definition) is 11. The third kappa shape index (κ3) is 4.75. The van der Waals surface area contributed by atoms with Crippen LogP contribution in [-0.4, -0.2) is 40.9 Å². The molecule has 3 aromatic carbocycles. The van der Waals surface area contributed by atoms with Crippen molar-refractivity contribution in [3.8, 4) is 5.75 Å². The van der Waals surface area contributed by atoms with Gasteiger partial charge in [0.25, 0.3) is 25.9 Å². The molecule has 3 N–H and O–H groups in total. The summed E-state index contributed by atoms with van der Waals surface area (Å²) in [6.45, 7) is 0. The number of hydrogen-bond donors (Lipinski definition) is 3. The van der Waals surface area contributed by atoms with E-state index in [1.807, 2.05) is 0 Å². The molecule has 172 valence electrons. The molecule has 0 bridgehead atoms. The number of benzene rings is 3. The van der Waals surface area contributed by atoms with Gasteiger partial charge in [-0.1, -0.05) is 0 Å². The molecule has 17 heteroatoms. The molecule has 0 amide bonds. The number of nitro benzene ring substituents is 2. The minimum absolute atomic E-state index is 0.165. The number of non-ortho nitro benzene ring substituents is 1. The molecule has 0 radical (unpaired) electrons. The van der Waals surface area contributed by atoms with Crippen LogP contribution in [-0.2, 0) is 20.2 Å². The average Bonchev–Trinajstić information content (AvgIpc) is 2.71. The molecule has 0 aliphatic rings. The summed E-state index contributed by atoms with van der Waals surface area (Å²) in [5.41, 5.74) is -2.77. The fourth-order valence-electron chi connectivity index (χ4n) is 2.77. The zero-order chi connectivity index (χ0) is 24.7. The third-order valence-electron chi connectivity index (χ3n) is 4.22. The molecule has 0 aliphatic heterocycles. The maximum absolute atomic E-state index is 11.8. The van der Waals surface area contributed by atoms with E-state index in [4.69, 9.17) is 0 Å². The zero-order valence-electron chi connectivity index (χ0n) is 15.8. The molecule has 0 heterocycles. The summed E-state index contributed by atoms with van der Waals surface area (Å²) >= 11 is 0. The minimum atomic E-state index is -5.09. The van der Waals surface area contributed by atoms with Gasteiger partial charge >= 0.3 is 5.69 Å². The van der Waals surface area contributed by atoms with Crippen molar-refractivity contribution in [2.24, 2.45) is 10.2 Å². The Bertz CT molecular complexity index is 1580. The van der Waals surface area contributed by atoms with Gasteiger partial charge in [-0.05, 0) is 24.3 Å². The average molecular weight is 498 g/mol. The first kappa shape index (κ1) is 23.6. The van der Waals surface area contributed by atoms with Gasteiger partial charge in [-0.15, -0.1) is 10.2 Å². The number of nitro groups is 2. The normalized spacial score (nSPS) is 12.3. The first-order chi connectivity index (χ1) is 15.2. The molecule has 0 saturated heterocycles. The summed E-state index contributed by atoms with van der Waals surface area (Å²) < 4.78 is 65.4. The minimum Gasteiger partial charge on any atom is -0.507 e. The lowest BCUT2D eigenvalue weighted by molar-refractivity contribution is -0.393. The predicted octanol–water partition coefficient (Wildman–Crippen LogP) is 3.27.